The van der Waals surface area contributed by atoms with Gasteiger partial charge < -0.3 is 16.0 Å². The van der Waals surface area contributed by atoms with E-state index >= 15 is 0 Å². The molecule has 6 nitrogen and oxygen atoms in total. The van der Waals surface area contributed by atoms with E-state index in [-0.39, 0.29) is 11.8 Å². The molecule has 0 saturated carbocycles. The van der Waals surface area contributed by atoms with Gasteiger partial charge in [0.1, 0.15) is 0 Å². The van der Waals surface area contributed by atoms with Crippen molar-refractivity contribution in [2.24, 2.45) is 5.73 Å². The van der Waals surface area contributed by atoms with E-state index in [4.69, 9.17) is 5.73 Å². The highest BCUT2D eigenvalue weighted by Crippen LogP contribution is 2.15. The van der Waals surface area contributed by atoms with Gasteiger partial charge in [0.05, 0.1) is 12.6 Å². The summed E-state index contributed by atoms with van der Waals surface area (Å²) in [6.07, 6.45) is 1.42. The molecule has 1 saturated heterocycles. The van der Waals surface area contributed by atoms with E-state index in [1.54, 1.807) is 0 Å². The van der Waals surface area contributed by atoms with Gasteiger partial charge in [0.15, 0.2) is 0 Å². The van der Waals surface area contributed by atoms with Crippen LogP contribution in [0.3, 0.4) is 0 Å². The third-order valence-electron chi connectivity index (χ3n) is 5.34. The van der Waals surface area contributed by atoms with Crippen molar-refractivity contribution in [2.75, 3.05) is 38.0 Å². The summed E-state index contributed by atoms with van der Waals surface area (Å²) in [6, 6.07) is 17.2. The summed E-state index contributed by atoms with van der Waals surface area (Å²) in [7, 11) is 0. The van der Waals surface area contributed by atoms with Crippen LogP contribution in [0.5, 0.6) is 0 Å². The first-order chi connectivity index (χ1) is 14.1. The number of aryl methyl sites for hydroxylation is 1. The Morgan fingerprint density at radius 2 is 1.66 bits per heavy atom. The van der Waals surface area contributed by atoms with Gasteiger partial charge in [0.25, 0.3) is 0 Å². The van der Waals surface area contributed by atoms with E-state index in [2.05, 4.69) is 17.1 Å². The zero-order chi connectivity index (χ0) is 20.6. The standard InChI is InChI=1S/C23H30N4O2/c1-2-19-10-6-7-11-21(19)25-22(28)17-26-12-14-27(15-13-26)23(29)20(24)16-18-8-4-3-5-9-18/h3-11,20H,2,12-17,24H2,1H3,(H,25,28). The lowest BCUT2D eigenvalue weighted by Crippen LogP contribution is -2.54. The van der Waals surface area contributed by atoms with Crippen LogP contribution in [-0.4, -0.2) is 60.4 Å². The van der Waals surface area contributed by atoms with Gasteiger partial charge >= 0.3 is 0 Å². The number of nitrogens with one attached hydrogen (secondary N) is 1. The number of para-hydroxylation sites is 1. The molecule has 1 aliphatic rings. The second-order valence-electron chi connectivity index (χ2n) is 7.46. The zero-order valence-corrected chi connectivity index (χ0v) is 17.0. The van der Waals surface area contributed by atoms with Crippen LogP contribution in [0.15, 0.2) is 54.6 Å². The molecule has 3 N–H and O–H groups in total. The molecule has 1 unspecified atom stereocenters. The van der Waals surface area contributed by atoms with Crippen molar-refractivity contribution in [3.05, 3.63) is 65.7 Å². The van der Waals surface area contributed by atoms with E-state index in [0.29, 0.717) is 39.1 Å². The average molecular weight is 395 g/mol. The molecule has 0 bridgehead atoms. The normalized spacial score (nSPS) is 15.7. The molecule has 1 heterocycles. The highest BCUT2D eigenvalue weighted by atomic mass is 16.2. The Kier molecular flexibility index (Phi) is 7.38. The molecule has 6 heteroatoms. The van der Waals surface area contributed by atoms with Crippen LogP contribution >= 0.6 is 0 Å². The molecule has 2 aromatic rings. The maximum Gasteiger partial charge on any atom is 0.239 e. The van der Waals surface area contributed by atoms with E-state index in [0.717, 1.165) is 23.2 Å². The van der Waals surface area contributed by atoms with E-state index in [1.165, 1.54) is 0 Å². The van der Waals surface area contributed by atoms with Crippen molar-refractivity contribution in [2.45, 2.75) is 25.8 Å². The first-order valence-electron chi connectivity index (χ1n) is 10.2. The third kappa shape index (κ3) is 5.89. The topological polar surface area (TPSA) is 78.7 Å². The monoisotopic (exact) mass is 394 g/mol. The molecular formula is C23H30N4O2. The number of carbonyl (C=O) groups excluding carboxylic acids is 2. The Morgan fingerprint density at radius 1 is 1.00 bits per heavy atom. The van der Waals surface area contributed by atoms with Crippen LogP contribution in [-0.2, 0) is 22.4 Å². The molecule has 1 atom stereocenters. The maximum atomic E-state index is 12.6. The van der Waals surface area contributed by atoms with Crippen molar-refractivity contribution >= 4 is 17.5 Å². The second kappa shape index (κ2) is 10.2. The predicted molar refractivity (Wildman–Crippen MR) is 116 cm³/mol. The van der Waals surface area contributed by atoms with Crippen molar-refractivity contribution in [3.8, 4) is 0 Å². The molecule has 0 aromatic heterocycles. The summed E-state index contributed by atoms with van der Waals surface area (Å²) in [5.41, 5.74) is 9.21. The molecule has 2 amide bonds. The maximum absolute atomic E-state index is 12.6. The Bertz CT molecular complexity index is 817. The molecule has 1 aliphatic heterocycles. The van der Waals surface area contributed by atoms with Crippen molar-refractivity contribution in [3.63, 3.8) is 0 Å². The summed E-state index contributed by atoms with van der Waals surface area (Å²) in [6.45, 7) is 4.94. The van der Waals surface area contributed by atoms with Crippen LogP contribution in [0, 0.1) is 0 Å². The van der Waals surface area contributed by atoms with E-state index < -0.39 is 6.04 Å². The molecular weight excluding hydrogens is 364 g/mol. The van der Waals surface area contributed by atoms with E-state index in [1.807, 2.05) is 59.5 Å². The van der Waals surface area contributed by atoms with Crippen LogP contribution in [0.25, 0.3) is 0 Å². The lowest BCUT2D eigenvalue weighted by atomic mass is 10.1. The van der Waals surface area contributed by atoms with Gasteiger partial charge in [-0.25, -0.2) is 0 Å². The number of hydrogen-bond donors (Lipinski definition) is 2. The summed E-state index contributed by atoms with van der Waals surface area (Å²) >= 11 is 0. The highest BCUT2D eigenvalue weighted by Gasteiger charge is 2.26. The summed E-state index contributed by atoms with van der Waals surface area (Å²) in [5.74, 6) is -0.0405. The molecule has 154 valence electrons. The highest BCUT2D eigenvalue weighted by molar-refractivity contribution is 5.93. The molecule has 0 aliphatic carbocycles. The van der Waals surface area contributed by atoms with Gasteiger partial charge in [0, 0.05) is 31.9 Å². The molecule has 0 radical (unpaired) electrons. The summed E-state index contributed by atoms with van der Waals surface area (Å²) in [5, 5.41) is 3.01. The SMILES string of the molecule is CCc1ccccc1NC(=O)CN1CCN(C(=O)C(N)Cc2ccccc2)CC1. The molecule has 29 heavy (non-hydrogen) atoms. The van der Waals surface area contributed by atoms with Crippen LogP contribution in [0.1, 0.15) is 18.1 Å². The number of hydrogen-bond acceptors (Lipinski definition) is 4. The first kappa shape index (κ1) is 21.0. The second-order valence-corrected chi connectivity index (χ2v) is 7.46. The van der Waals surface area contributed by atoms with Gasteiger partial charge in [-0.2, -0.15) is 0 Å². The smallest absolute Gasteiger partial charge is 0.239 e. The number of nitrogens with zero attached hydrogens (tertiary/aromatic N) is 2. The number of anilines is 1. The van der Waals surface area contributed by atoms with Gasteiger partial charge in [0.2, 0.25) is 11.8 Å². The van der Waals surface area contributed by atoms with Gasteiger partial charge in [-0.15, -0.1) is 0 Å². The van der Waals surface area contributed by atoms with Crippen LogP contribution in [0.4, 0.5) is 5.69 Å². The summed E-state index contributed by atoms with van der Waals surface area (Å²) < 4.78 is 0. The number of carbonyl (C=O) groups is 2. The van der Waals surface area contributed by atoms with Gasteiger partial charge in [-0.05, 0) is 30.0 Å². The van der Waals surface area contributed by atoms with Gasteiger partial charge in [-0.1, -0.05) is 55.5 Å². The van der Waals surface area contributed by atoms with Crippen molar-refractivity contribution in [1.82, 2.24) is 9.80 Å². The first-order valence-corrected chi connectivity index (χ1v) is 10.2. The van der Waals surface area contributed by atoms with Gasteiger partial charge in [-0.3, -0.25) is 14.5 Å². The molecule has 2 aromatic carbocycles. The molecule has 1 fully saturated rings. The lowest BCUT2D eigenvalue weighted by molar-refractivity contribution is -0.134. The minimum absolute atomic E-state index is 0.0187. The number of amides is 2. The third-order valence-corrected chi connectivity index (χ3v) is 5.34. The summed E-state index contributed by atoms with van der Waals surface area (Å²) in [4.78, 5) is 29.0. The van der Waals surface area contributed by atoms with Crippen molar-refractivity contribution < 1.29 is 9.59 Å². The average Bonchev–Trinajstić information content (AvgIpc) is 2.75. The fourth-order valence-corrected chi connectivity index (χ4v) is 3.66. The number of benzene rings is 2. The fraction of sp³-hybridized carbons (Fsp3) is 0.391. The van der Waals surface area contributed by atoms with Crippen molar-refractivity contribution in [1.29, 1.82) is 0 Å². The predicted octanol–water partition coefficient (Wildman–Crippen LogP) is 1.90. The fourth-order valence-electron chi connectivity index (χ4n) is 3.66. The van der Waals surface area contributed by atoms with E-state index in [9.17, 15) is 9.59 Å². The number of rotatable bonds is 7. The largest absolute Gasteiger partial charge is 0.339 e. The minimum Gasteiger partial charge on any atom is -0.339 e. The quantitative estimate of drug-likeness (QED) is 0.752. The lowest BCUT2D eigenvalue weighted by Gasteiger charge is -2.35. The zero-order valence-electron chi connectivity index (χ0n) is 17.0. The molecule has 3 rings (SSSR count). The van der Waals surface area contributed by atoms with Crippen LogP contribution in [0.2, 0.25) is 0 Å². The Morgan fingerprint density at radius 3 is 2.34 bits per heavy atom. The minimum atomic E-state index is -0.530. The number of piperazine rings is 1. The molecule has 0 spiro atoms. The Labute approximate surface area is 172 Å². The Balaban J connectivity index is 1.45. The Hall–Kier alpha value is -2.70. The number of nitrogens with two attached hydrogens (primary N) is 1. The van der Waals surface area contributed by atoms with Crippen LogP contribution < -0.4 is 11.1 Å².